The minimum absolute atomic E-state index is 0.0761. The van der Waals surface area contributed by atoms with Crippen molar-refractivity contribution in [3.05, 3.63) is 0 Å². The van der Waals surface area contributed by atoms with Crippen molar-refractivity contribution in [2.24, 2.45) is 5.41 Å². The number of nitrogens with one attached hydrogen (secondary N) is 2. The molecule has 1 aliphatic rings. The van der Waals surface area contributed by atoms with Crippen LogP contribution in [0.1, 0.15) is 34.1 Å². The first-order valence-electron chi connectivity index (χ1n) is 5.69. The molecule has 6 nitrogen and oxygen atoms in total. The molecule has 0 aromatic heterocycles. The van der Waals surface area contributed by atoms with E-state index < -0.39 is 16.3 Å². The van der Waals surface area contributed by atoms with Gasteiger partial charge in [-0.3, -0.25) is 0 Å². The number of amides is 1. The van der Waals surface area contributed by atoms with Gasteiger partial charge in [0.1, 0.15) is 0 Å². The molecule has 2 atom stereocenters. The molecule has 0 bridgehead atoms. The van der Waals surface area contributed by atoms with Gasteiger partial charge in [0.2, 0.25) is 0 Å². The monoisotopic (exact) mass is 298 g/mol. The highest BCUT2D eigenvalue weighted by molar-refractivity contribution is 7.88. The largest absolute Gasteiger partial charge is 0.446 e. The number of ether oxygens (including phenoxy) is 1. The summed E-state index contributed by atoms with van der Waals surface area (Å²) < 4.78 is 32.2. The fourth-order valence-corrected chi connectivity index (χ4v) is 3.07. The van der Waals surface area contributed by atoms with Crippen molar-refractivity contribution in [1.82, 2.24) is 9.44 Å². The van der Waals surface area contributed by atoms with E-state index in [1.54, 1.807) is 18.6 Å². The van der Waals surface area contributed by atoms with Crippen LogP contribution < -0.4 is 9.44 Å². The smallest absolute Gasteiger partial charge is 0.422 e. The van der Waals surface area contributed by atoms with Crippen LogP contribution in [-0.2, 0) is 14.9 Å². The van der Waals surface area contributed by atoms with Crippen molar-refractivity contribution in [3.63, 3.8) is 0 Å². The Morgan fingerprint density at radius 3 is 2.39 bits per heavy atom. The normalized spacial score (nSPS) is 26.6. The predicted octanol–water partition coefficient (Wildman–Crippen LogP) is 1.36. The summed E-state index contributed by atoms with van der Waals surface area (Å²) in [5.74, 6) is 0. The SMILES string of the molecule is CC(C)OC(=O)NS(=O)(=O)NC1CC(Cl)C1(C)C. The molecular weight excluding hydrogens is 280 g/mol. The number of halogens is 1. The summed E-state index contributed by atoms with van der Waals surface area (Å²) in [7, 11) is -3.91. The van der Waals surface area contributed by atoms with Gasteiger partial charge in [-0.1, -0.05) is 13.8 Å². The fraction of sp³-hybridized carbons (Fsp3) is 0.900. The Labute approximate surface area is 113 Å². The molecule has 106 valence electrons. The van der Waals surface area contributed by atoms with E-state index in [2.05, 4.69) is 4.72 Å². The Bertz CT molecular complexity index is 422. The quantitative estimate of drug-likeness (QED) is 0.768. The maximum atomic E-state index is 11.7. The zero-order valence-corrected chi connectivity index (χ0v) is 12.4. The highest BCUT2D eigenvalue weighted by Crippen LogP contribution is 2.44. The molecule has 0 saturated heterocycles. The lowest BCUT2D eigenvalue weighted by atomic mass is 9.67. The first-order valence-corrected chi connectivity index (χ1v) is 7.61. The average molecular weight is 299 g/mol. The molecule has 0 radical (unpaired) electrons. The Balaban J connectivity index is 2.54. The summed E-state index contributed by atoms with van der Waals surface area (Å²) in [6.07, 6.45) is -0.834. The number of hydrogen-bond acceptors (Lipinski definition) is 4. The van der Waals surface area contributed by atoms with E-state index in [9.17, 15) is 13.2 Å². The van der Waals surface area contributed by atoms with Crippen LogP contribution >= 0.6 is 11.6 Å². The van der Waals surface area contributed by atoms with E-state index in [-0.39, 0.29) is 22.9 Å². The molecule has 2 N–H and O–H groups in total. The van der Waals surface area contributed by atoms with E-state index in [0.717, 1.165) is 0 Å². The predicted molar refractivity (Wildman–Crippen MR) is 68.6 cm³/mol. The van der Waals surface area contributed by atoms with Crippen molar-refractivity contribution >= 4 is 27.9 Å². The second-order valence-corrected chi connectivity index (χ2v) is 7.23. The van der Waals surface area contributed by atoms with E-state index in [4.69, 9.17) is 16.3 Å². The van der Waals surface area contributed by atoms with Gasteiger partial charge < -0.3 is 4.74 Å². The summed E-state index contributed by atoms with van der Waals surface area (Å²) in [4.78, 5) is 11.2. The van der Waals surface area contributed by atoms with Crippen molar-refractivity contribution in [1.29, 1.82) is 0 Å². The highest BCUT2D eigenvalue weighted by Gasteiger charge is 2.48. The standard InChI is InChI=1S/C10H19ClN2O4S/c1-6(2)17-9(14)13-18(15,16)12-8-5-7(11)10(8,3)4/h6-8,12H,5H2,1-4H3,(H,13,14). The first-order chi connectivity index (χ1) is 8.04. The van der Waals surface area contributed by atoms with Gasteiger partial charge in [0.25, 0.3) is 0 Å². The van der Waals surface area contributed by atoms with Gasteiger partial charge in [0.05, 0.1) is 6.10 Å². The van der Waals surface area contributed by atoms with Crippen molar-refractivity contribution in [3.8, 4) is 0 Å². The van der Waals surface area contributed by atoms with Crippen LogP contribution in [0, 0.1) is 5.41 Å². The Hall–Kier alpha value is -0.530. The van der Waals surface area contributed by atoms with Crippen LogP contribution in [0.25, 0.3) is 0 Å². The van der Waals surface area contributed by atoms with Gasteiger partial charge in [-0.05, 0) is 25.7 Å². The lowest BCUT2D eigenvalue weighted by molar-refractivity contribution is 0.119. The Morgan fingerprint density at radius 2 is 2.00 bits per heavy atom. The number of alkyl halides is 1. The van der Waals surface area contributed by atoms with Gasteiger partial charge in [-0.25, -0.2) is 9.52 Å². The van der Waals surface area contributed by atoms with Gasteiger partial charge in [-0.15, -0.1) is 11.6 Å². The summed E-state index contributed by atoms with van der Waals surface area (Å²) in [5, 5.41) is -0.0761. The molecule has 8 heteroatoms. The molecule has 1 amide bonds. The maximum Gasteiger partial charge on any atom is 0.422 e. The summed E-state index contributed by atoms with van der Waals surface area (Å²) >= 11 is 5.99. The summed E-state index contributed by atoms with van der Waals surface area (Å²) in [5.41, 5.74) is -0.335. The molecule has 0 aromatic rings. The topological polar surface area (TPSA) is 84.5 Å². The minimum Gasteiger partial charge on any atom is -0.446 e. The van der Waals surface area contributed by atoms with E-state index in [0.29, 0.717) is 6.42 Å². The van der Waals surface area contributed by atoms with Crippen LogP contribution in [0.5, 0.6) is 0 Å². The second kappa shape index (κ2) is 5.22. The minimum atomic E-state index is -3.91. The van der Waals surface area contributed by atoms with Gasteiger partial charge in [-0.2, -0.15) is 13.1 Å². The second-order valence-electron chi connectivity index (χ2n) is 5.25. The van der Waals surface area contributed by atoms with Crippen LogP contribution in [0.2, 0.25) is 0 Å². The zero-order chi connectivity index (χ0) is 14.1. The molecular formula is C10H19ClN2O4S. The lowest BCUT2D eigenvalue weighted by Crippen LogP contribution is -2.61. The molecule has 0 heterocycles. The van der Waals surface area contributed by atoms with Crippen molar-refractivity contribution < 1.29 is 17.9 Å². The third-order valence-corrected chi connectivity index (χ3v) is 4.78. The Morgan fingerprint density at radius 1 is 1.44 bits per heavy atom. The van der Waals surface area contributed by atoms with E-state index in [1.807, 2.05) is 13.8 Å². The van der Waals surface area contributed by atoms with Crippen LogP contribution in [0.15, 0.2) is 0 Å². The van der Waals surface area contributed by atoms with Crippen LogP contribution in [-0.4, -0.2) is 32.0 Å². The fourth-order valence-electron chi connectivity index (χ4n) is 1.64. The van der Waals surface area contributed by atoms with Gasteiger partial charge in [0.15, 0.2) is 0 Å². The molecule has 1 fully saturated rings. The summed E-state index contributed by atoms with van der Waals surface area (Å²) in [6.45, 7) is 7.00. The molecule has 18 heavy (non-hydrogen) atoms. The zero-order valence-electron chi connectivity index (χ0n) is 10.9. The first kappa shape index (κ1) is 15.5. The number of rotatable bonds is 4. The number of hydrogen-bond donors (Lipinski definition) is 2. The highest BCUT2D eigenvalue weighted by atomic mass is 35.5. The van der Waals surface area contributed by atoms with Gasteiger partial charge >= 0.3 is 16.3 Å². The number of carbonyl (C=O) groups excluding carboxylic acids is 1. The van der Waals surface area contributed by atoms with Crippen LogP contribution in [0.3, 0.4) is 0 Å². The molecule has 0 aromatic carbocycles. The molecule has 0 aliphatic heterocycles. The van der Waals surface area contributed by atoms with E-state index >= 15 is 0 Å². The maximum absolute atomic E-state index is 11.7. The lowest BCUT2D eigenvalue weighted by Gasteiger charge is -2.48. The average Bonchev–Trinajstić information content (AvgIpc) is 2.14. The van der Waals surface area contributed by atoms with Gasteiger partial charge in [0, 0.05) is 11.4 Å². The molecule has 1 rings (SSSR count). The third-order valence-electron chi connectivity index (χ3n) is 3.01. The molecule has 1 aliphatic carbocycles. The van der Waals surface area contributed by atoms with Crippen LogP contribution in [0.4, 0.5) is 4.79 Å². The van der Waals surface area contributed by atoms with Crippen molar-refractivity contribution in [2.75, 3.05) is 0 Å². The summed E-state index contributed by atoms with van der Waals surface area (Å²) in [6, 6.07) is -0.288. The van der Waals surface area contributed by atoms with E-state index in [1.165, 1.54) is 0 Å². The number of carbonyl (C=O) groups is 1. The molecule has 2 unspecified atom stereocenters. The Kier molecular flexibility index (Phi) is 4.51. The molecule has 0 spiro atoms. The third kappa shape index (κ3) is 3.73. The molecule has 1 saturated carbocycles. The van der Waals surface area contributed by atoms with Crippen molar-refractivity contribution in [2.45, 2.75) is 51.6 Å².